The zero-order valence-corrected chi connectivity index (χ0v) is 14.5. The first kappa shape index (κ1) is 16.7. The van der Waals surface area contributed by atoms with Crippen LogP contribution in [0.5, 0.6) is 0 Å². The molecule has 0 bridgehead atoms. The molecule has 1 aliphatic heterocycles. The summed E-state index contributed by atoms with van der Waals surface area (Å²) in [4.78, 5) is 6.24. The highest BCUT2D eigenvalue weighted by Gasteiger charge is 2.22. The van der Waals surface area contributed by atoms with E-state index in [0.717, 1.165) is 18.8 Å². The second kappa shape index (κ2) is 6.78. The van der Waals surface area contributed by atoms with Crippen molar-refractivity contribution in [2.45, 2.75) is 31.0 Å². The van der Waals surface area contributed by atoms with E-state index in [9.17, 15) is 8.42 Å². The molecule has 0 spiro atoms. The van der Waals surface area contributed by atoms with Crippen LogP contribution in [-0.4, -0.2) is 38.7 Å². The van der Waals surface area contributed by atoms with Crippen molar-refractivity contribution in [1.29, 1.82) is 0 Å². The van der Waals surface area contributed by atoms with Crippen LogP contribution >= 0.6 is 0 Å². The zero-order valence-electron chi connectivity index (χ0n) is 13.7. The summed E-state index contributed by atoms with van der Waals surface area (Å²) < 4.78 is 32.9. The normalized spacial score (nSPS) is 21.5. The Hall–Kier alpha value is -2.12. The van der Waals surface area contributed by atoms with E-state index >= 15 is 0 Å². The minimum atomic E-state index is -3.61. The van der Waals surface area contributed by atoms with Gasteiger partial charge in [-0.05, 0) is 50.2 Å². The summed E-state index contributed by atoms with van der Waals surface area (Å²) in [7, 11) is -3.61. The molecule has 24 heavy (non-hydrogen) atoms. The van der Waals surface area contributed by atoms with Gasteiger partial charge in [-0.2, -0.15) is 0 Å². The van der Waals surface area contributed by atoms with Crippen LogP contribution in [-0.2, 0) is 14.8 Å². The van der Waals surface area contributed by atoms with Crippen molar-refractivity contribution in [1.82, 2.24) is 4.98 Å². The van der Waals surface area contributed by atoms with Crippen LogP contribution in [0.3, 0.4) is 0 Å². The molecule has 2 unspecified atom stereocenters. The Labute approximate surface area is 142 Å². The summed E-state index contributed by atoms with van der Waals surface area (Å²) >= 11 is 0. The Balaban J connectivity index is 1.73. The third-order valence-corrected chi connectivity index (χ3v) is 5.22. The first-order valence-electron chi connectivity index (χ1n) is 7.87. The first-order chi connectivity index (χ1) is 11.4. The molecular weight excluding hydrogens is 326 g/mol. The van der Waals surface area contributed by atoms with Crippen molar-refractivity contribution < 1.29 is 13.2 Å². The van der Waals surface area contributed by atoms with Crippen LogP contribution in [0.2, 0.25) is 0 Å². The van der Waals surface area contributed by atoms with Gasteiger partial charge in [0.1, 0.15) is 4.90 Å². The lowest BCUT2D eigenvalue weighted by Crippen LogP contribution is -2.45. The molecule has 2 atom stereocenters. The number of benzene rings is 1. The molecule has 6 nitrogen and oxygen atoms in total. The maximum atomic E-state index is 12.3. The minimum absolute atomic E-state index is 0.143. The number of rotatable bonds is 4. The fourth-order valence-corrected chi connectivity index (χ4v) is 3.87. The molecular formula is C17H21N3O3S. The third-order valence-electron chi connectivity index (χ3n) is 3.85. The average Bonchev–Trinajstić information content (AvgIpc) is 2.55. The molecule has 0 radical (unpaired) electrons. The molecule has 2 heterocycles. The fourth-order valence-electron chi connectivity index (χ4n) is 2.85. The number of sulfonamides is 1. The Morgan fingerprint density at radius 2 is 1.79 bits per heavy atom. The molecule has 0 aliphatic carbocycles. The fraction of sp³-hybridized carbons (Fsp3) is 0.353. The van der Waals surface area contributed by atoms with Gasteiger partial charge in [-0.3, -0.25) is 9.71 Å². The second-order valence-electron chi connectivity index (χ2n) is 6.00. The Kier molecular flexibility index (Phi) is 4.73. The van der Waals surface area contributed by atoms with E-state index < -0.39 is 10.0 Å². The van der Waals surface area contributed by atoms with E-state index in [1.807, 2.05) is 12.1 Å². The first-order valence-corrected chi connectivity index (χ1v) is 9.36. The monoisotopic (exact) mass is 347 g/mol. The molecule has 1 aromatic carbocycles. The van der Waals surface area contributed by atoms with E-state index in [-0.39, 0.29) is 17.1 Å². The van der Waals surface area contributed by atoms with Crippen molar-refractivity contribution >= 4 is 21.4 Å². The van der Waals surface area contributed by atoms with E-state index in [1.165, 1.54) is 18.5 Å². The predicted molar refractivity (Wildman–Crippen MR) is 93.7 cm³/mol. The standard InChI is InChI=1S/C17H21N3O3S/c1-13-11-20(12-14(2)23-13)16-7-5-15(6-8-16)19-24(21,22)17-4-3-9-18-10-17/h3-10,13-14,19H,11-12H2,1-2H3. The topological polar surface area (TPSA) is 71.5 Å². The summed E-state index contributed by atoms with van der Waals surface area (Å²) in [6.07, 6.45) is 3.22. The van der Waals surface area contributed by atoms with E-state index in [0.29, 0.717) is 5.69 Å². The smallest absolute Gasteiger partial charge is 0.263 e. The molecule has 128 valence electrons. The van der Waals surface area contributed by atoms with Crippen LogP contribution in [0.25, 0.3) is 0 Å². The van der Waals surface area contributed by atoms with Crippen LogP contribution in [0, 0.1) is 0 Å². The maximum absolute atomic E-state index is 12.3. The maximum Gasteiger partial charge on any atom is 0.263 e. The van der Waals surface area contributed by atoms with Gasteiger partial charge in [0.2, 0.25) is 0 Å². The van der Waals surface area contributed by atoms with Gasteiger partial charge < -0.3 is 9.64 Å². The van der Waals surface area contributed by atoms with E-state index in [2.05, 4.69) is 28.5 Å². The SMILES string of the molecule is CC1CN(c2ccc(NS(=O)(=O)c3cccnc3)cc2)CC(C)O1. The van der Waals surface area contributed by atoms with Crippen molar-refractivity contribution in [3.8, 4) is 0 Å². The number of aromatic nitrogens is 1. The van der Waals surface area contributed by atoms with Crippen molar-refractivity contribution in [3.05, 3.63) is 48.8 Å². The number of ether oxygens (including phenoxy) is 1. The van der Waals surface area contributed by atoms with Gasteiger partial charge in [0.25, 0.3) is 10.0 Å². The van der Waals surface area contributed by atoms with Gasteiger partial charge in [0, 0.05) is 36.9 Å². The molecule has 1 aromatic heterocycles. The van der Waals surface area contributed by atoms with Gasteiger partial charge in [-0.1, -0.05) is 0 Å². The lowest BCUT2D eigenvalue weighted by molar-refractivity contribution is -0.00521. The highest BCUT2D eigenvalue weighted by atomic mass is 32.2. The molecule has 0 amide bonds. The van der Waals surface area contributed by atoms with Crippen LogP contribution < -0.4 is 9.62 Å². The van der Waals surface area contributed by atoms with Crippen LogP contribution in [0.4, 0.5) is 11.4 Å². The molecule has 7 heteroatoms. The summed E-state index contributed by atoms with van der Waals surface area (Å²) in [5, 5.41) is 0. The number of nitrogens with one attached hydrogen (secondary N) is 1. The minimum Gasteiger partial charge on any atom is -0.372 e. The second-order valence-corrected chi connectivity index (χ2v) is 7.69. The van der Waals surface area contributed by atoms with Gasteiger partial charge in [-0.25, -0.2) is 8.42 Å². The number of hydrogen-bond donors (Lipinski definition) is 1. The lowest BCUT2D eigenvalue weighted by Gasteiger charge is -2.36. The van der Waals surface area contributed by atoms with Gasteiger partial charge >= 0.3 is 0 Å². The largest absolute Gasteiger partial charge is 0.372 e. The quantitative estimate of drug-likeness (QED) is 0.920. The Morgan fingerprint density at radius 3 is 2.38 bits per heavy atom. The van der Waals surface area contributed by atoms with Crippen LogP contribution in [0.1, 0.15) is 13.8 Å². The van der Waals surface area contributed by atoms with Gasteiger partial charge in [0.15, 0.2) is 0 Å². The number of nitrogens with zero attached hydrogens (tertiary/aromatic N) is 2. The van der Waals surface area contributed by atoms with Gasteiger partial charge in [-0.15, -0.1) is 0 Å². The summed E-state index contributed by atoms with van der Waals surface area (Å²) in [6, 6.07) is 10.5. The molecule has 1 aliphatic rings. The van der Waals surface area contributed by atoms with Gasteiger partial charge in [0.05, 0.1) is 12.2 Å². The molecule has 2 aromatic rings. The third kappa shape index (κ3) is 3.85. The van der Waals surface area contributed by atoms with E-state index in [1.54, 1.807) is 18.2 Å². The lowest BCUT2D eigenvalue weighted by atomic mass is 10.2. The molecule has 1 fully saturated rings. The van der Waals surface area contributed by atoms with E-state index in [4.69, 9.17) is 4.74 Å². The summed E-state index contributed by atoms with van der Waals surface area (Å²) in [6.45, 7) is 5.76. The van der Waals surface area contributed by atoms with Crippen LogP contribution in [0.15, 0.2) is 53.7 Å². The summed E-state index contributed by atoms with van der Waals surface area (Å²) in [5.74, 6) is 0. The zero-order chi connectivity index (χ0) is 17.2. The number of pyridine rings is 1. The average molecular weight is 347 g/mol. The van der Waals surface area contributed by atoms with Crippen molar-refractivity contribution in [2.75, 3.05) is 22.7 Å². The predicted octanol–water partition coefficient (Wildman–Crippen LogP) is 2.50. The van der Waals surface area contributed by atoms with Crippen molar-refractivity contribution in [2.24, 2.45) is 0 Å². The molecule has 1 N–H and O–H groups in total. The Bertz CT molecular complexity index is 768. The Morgan fingerprint density at radius 1 is 1.12 bits per heavy atom. The molecule has 3 rings (SSSR count). The van der Waals surface area contributed by atoms with Crippen molar-refractivity contribution in [3.63, 3.8) is 0 Å². The highest BCUT2D eigenvalue weighted by Crippen LogP contribution is 2.23. The molecule has 0 saturated carbocycles. The number of morpholine rings is 1. The number of anilines is 2. The molecule has 1 saturated heterocycles. The highest BCUT2D eigenvalue weighted by molar-refractivity contribution is 7.92. The summed E-state index contributed by atoms with van der Waals surface area (Å²) in [5.41, 5.74) is 1.58. The number of hydrogen-bond acceptors (Lipinski definition) is 5.